The summed E-state index contributed by atoms with van der Waals surface area (Å²) >= 11 is 1.87. The Kier molecular flexibility index (Phi) is 3.95. The number of hydrogen-bond acceptors (Lipinski definition) is 3. The van der Waals surface area contributed by atoms with E-state index in [9.17, 15) is 0 Å². The molecule has 177 valence electrons. The molecule has 0 spiro atoms. The first-order chi connectivity index (χ1) is 18.7. The molecule has 0 atom stereocenters. The van der Waals surface area contributed by atoms with Crippen molar-refractivity contribution in [3.05, 3.63) is 103 Å². The maximum Gasteiger partial charge on any atom is 0.198 e. The van der Waals surface area contributed by atoms with Crippen molar-refractivity contribution < 1.29 is 4.74 Å². The minimum atomic E-state index is 0.881. The molecule has 4 heterocycles. The number of H-pyrrole nitrogens is 1. The molecule has 0 saturated carbocycles. The predicted molar refractivity (Wildman–Crippen MR) is 161 cm³/mol. The highest BCUT2D eigenvalue weighted by Gasteiger charge is 2.34. The Hall–Kier alpha value is -4.48. The average Bonchev–Trinajstić information content (AvgIpc) is 3.49. The van der Waals surface area contributed by atoms with Gasteiger partial charge in [0.2, 0.25) is 0 Å². The number of aryl methyl sites for hydroxylation is 1. The molecule has 0 bridgehead atoms. The molecule has 1 radical (unpaired) electrons. The average molecular weight is 503 g/mol. The van der Waals surface area contributed by atoms with Crippen LogP contribution in [0.1, 0.15) is 5.56 Å². The van der Waals surface area contributed by atoms with Gasteiger partial charge in [-0.3, -0.25) is 0 Å². The first-order valence-corrected chi connectivity index (χ1v) is 13.7. The first kappa shape index (κ1) is 20.6. The maximum atomic E-state index is 6.34. The second-order valence-corrected chi connectivity index (χ2v) is 11.2. The summed E-state index contributed by atoms with van der Waals surface area (Å²) in [6.07, 6.45) is 0. The number of benzene rings is 5. The van der Waals surface area contributed by atoms with Crippen LogP contribution in [0.15, 0.2) is 97.1 Å². The van der Waals surface area contributed by atoms with Crippen LogP contribution in [-0.4, -0.2) is 12.3 Å². The number of nitrogens with one attached hydrogen (secondary N) is 1. The quantitative estimate of drug-likeness (QED) is 0.230. The number of para-hydroxylation sites is 4. The van der Waals surface area contributed by atoms with Crippen LogP contribution in [-0.2, 0) is 0 Å². The van der Waals surface area contributed by atoms with Gasteiger partial charge >= 0.3 is 0 Å². The van der Waals surface area contributed by atoms with Crippen molar-refractivity contribution in [1.29, 1.82) is 0 Å². The highest BCUT2D eigenvalue weighted by atomic mass is 32.1. The van der Waals surface area contributed by atoms with Crippen LogP contribution in [0.25, 0.3) is 42.3 Å². The Labute approximate surface area is 224 Å². The van der Waals surface area contributed by atoms with Gasteiger partial charge in [0.1, 0.15) is 0 Å². The molecular weight excluding hydrogens is 483 g/mol. The minimum absolute atomic E-state index is 0.881. The molecule has 0 unspecified atom stereocenters. The van der Waals surface area contributed by atoms with Gasteiger partial charge in [0.25, 0.3) is 0 Å². The van der Waals surface area contributed by atoms with E-state index in [1.54, 1.807) is 0 Å². The molecule has 0 fully saturated rings. The molecule has 38 heavy (non-hydrogen) atoms. The molecule has 2 aliphatic rings. The SMILES string of the molecule is Cc1cc(-c2cccc3c2[nH]c2c4ccccc4sc32)c2c(c1)N1c3ccccc3Oc3cccc(c31)[B]2. The van der Waals surface area contributed by atoms with E-state index in [-0.39, 0.29) is 0 Å². The molecule has 9 rings (SSSR count). The second kappa shape index (κ2) is 7.30. The number of anilines is 3. The van der Waals surface area contributed by atoms with Crippen LogP contribution in [0, 0.1) is 6.92 Å². The summed E-state index contributed by atoms with van der Waals surface area (Å²) < 4.78 is 8.98. The highest BCUT2D eigenvalue weighted by Crippen LogP contribution is 2.51. The lowest BCUT2D eigenvalue weighted by Gasteiger charge is -2.39. The predicted octanol–water partition coefficient (Wildman–Crippen LogP) is 8.06. The summed E-state index contributed by atoms with van der Waals surface area (Å²) in [4.78, 5) is 6.22. The van der Waals surface area contributed by atoms with Gasteiger partial charge in [-0.25, -0.2) is 0 Å². The third kappa shape index (κ3) is 2.64. The van der Waals surface area contributed by atoms with Crippen molar-refractivity contribution in [3.63, 3.8) is 0 Å². The van der Waals surface area contributed by atoms with Gasteiger partial charge < -0.3 is 14.6 Å². The third-order valence-electron chi connectivity index (χ3n) is 7.87. The summed E-state index contributed by atoms with van der Waals surface area (Å²) in [5, 5.41) is 2.57. The van der Waals surface area contributed by atoms with E-state index in [1.165, 1.54) is 64.5 Å². The van der Waals surface area contributed by atoms with E-state index in [0.717, 1.165) is 22.9 Å². The molecule has 0 saturated heterocycles. The van der Waals surface area contributed by atoms with Crippen molar-refractivity contribution in [3.8, 4) is 22.6 Å². The Morgan fingerprint density at radius 1 is 0.737 bits per heavy atom. The molecule has 5 aromatic carbocycles. The lowest BCUT2D eigenvalue weighted by Crippen LogP contribution is -2.42. The number of rotatable bonds is 1. The molecule has 2 aliphatic heterocycles. The van der Waals surface area contributed by atoms with Crippen molar-refractivity contribution in [1.82, 2.24) is 4.98 Å². The number of thiophene rings is 1. The standard InChI is InChI=1S/C33H20BN2OS/c1-18-16-22(19-9-6-10-21-30(19)35-31-20-8-2-5-15-28(20)38-33(21)31)29-25(17-18)36-24-12-3-4-13-26(24)37-27-14-7-11-23(34-29)32(27)36/h2-17,35H,1H3. The second-order valence-electron chi connectivity index (χ2n) is 10.1. The Bertz CT molecular complexity index is 2120. The van der Waals surface area contributed by atoms with E-state index in [1.807, 2.05) is 17.4 Å². The Morgan fingerprint density at radius 2 is 1.55 bits per heavy atom. The van der Waals surface area contributed by atoms with Gasteiger partial charge in [0.05, 0.1) is 27.1 Å². The summed E-state index contributed by atoms with van der Waals surface area (Å²) in [6, 6.07) is 34.7. The fourth-order valence-electron chi connectivity index (χ4n) is 6.27. The monoisotopic (exact) mass is 503 g/mol. The fraction of sp³-hybridized carbons (Fsp3) is 0.0303. The van der Waals surface area contributed by atoms with Gasteiger partial charge in [0.15, 0.2) is 18.8 Å². The fourth-order valence-corrected chi connectivity index (χ4v) is 7.46. The van der Waals surface area contributed by atoms with E-state index in [4.69, 9.17) is 4.74 Å². The normalized spacial score (nSPS) is 13.2. The lowest BCUT2D eigenvalue weighted by atomic mass is 9.58. The van der Waals surface area contributed by atoms with Crippen molar-refractivity contribution in [2.75, 3.05) is 4.90 Å². The van der Waals surface area contributed by atoms with Gasteiger partial charge in [-0.05, 0) is 53.8 Å². The lowest BCUT2D eigenvalue weighted by molar-refractivity contribution is 0.477. The maximum absolute atomic E-state index is 6.34. The first-order valence-electron chi connectivity index (χ1n) is 12.9. The zero-order chi connectivity index (χ0) is 25.0. The molecule has 0 amide bonds. The third-order valence-corrected chi connectivity index (χ3v) is 9.07. The van der Waals surface area contributed by atoms with Crippen molar-refractivity contribution >= 4 is 77.8 Å². The smallest absolute Gasteiger partial charge is 0.198 e. The summed E-state index contributed by atoms with van der Waals surface area (Å²) in [5.41, 5.74) is 11.9. The number of fused-ring (bicyclic) bond motifs is 9. The topological polar surface area (TPSA) is 28.3 Å². The van der Waals surface area contributed by atoms with Crippen molar-refractivity contribution in [2.45, 2.75) is 6.92 Å². The van der Waals surface area contributed by atoms with E-state index < -0.39 is 0 Å². The number of nitrogens with zero attached hydrogens (tertiary/aromatic N) is 1. The Morgan fingerprint density at radius 3 is 2.53 bits per heavy atom. The highest BCUT2D eigenvalue weighted by molar-refractivity contribution is 7.26. The van der Waals surface area contributed by atoms with Crippen LogP contribution in [0.3, 0.4) is 0 Å². The minimum Gasteiger partial charge on any atom is -0.453 e. The number of aromatic nitrogens is 1. The molecular formula is C33H20BN2OS. The zero-order valence-corrected chi connectivity index (χ0v) is 21.4. The van der Waals surface area contributed by atoms with Crippen LogP contribution in [0.4, 0.5) is 17.1 Å². The molecule has 7 aromatic rings. The van der Waals surface area contributed by atoms with Gasteiger partial charge in [-0.1, -0.05) is 72.2 Å². The molecule has 1 N–H and O–H groups in total. The van der Waals surface area contributed by atoms with Crippen LogP contribution in [0.5, 0.6) is 11.5 Å². The largest absolute Gasteiger partial charge is 0.453 e. The summed E-state index contributed by atoms with van der Waals surface area (Å²) in [7, 11) is 2.33. The van der Waals surface area contributed by atoms with Gasteiger partial charge in [0, 0.05) is 26.7 Å². The molecule has 0 aliphatic carbocycles. The van der Waals surface area contributed by atoms with Gasteiger partial charge in [-0.15, -0.1) is 11.3 Å². The molecule has 5 heteroatoms. The summed E-state index contributed by atoms with van der Waals surface area (Å²) in [5.74, 6) is 1.77. The van der Waals surface area contributed by atoms with Crippen LogP contribution >= 0.6 is 11.3 Å². The number of hydrogen-bond donors (Lipinski definition) is 1. The van der Waals surface area contributed by atoms with E-state index in [2.05, 4.69) is 115 Å². The number of aromatic amines is 1. The molecule has 3 nitrogen and oxygen atoms in total. The number of ether oxygens (including phenoxy) is 1. The Balaban J connectivity index is 1.34. The van der Waals surface area contributed by atoms with Gasteiger partial charge in [-0.2, -0.15) is 0 Å². The summed E-state index contributed by atoms with van der Waals surface area (Å²) in [6.45, 7) is 2.19. The molecule has 2 aromatic heterocycles. The van der Waals surface area contributed by atoms with E-state index >= 15 is 0 Å². The zero-order valence-electron chi connectivity index (χ0n) is 20.6. The van der Waals surface area contributed by atoms with E-state index in [0.29, 0.717) is 0 Å². The van der Waals surface area contributed by atoms with Crippen molar-refractivity contribution in [2.24, 2.45) is 0 Å². The van der Waals surface area contributed by atoms with Crippen LogP contribution < -0.4 is 20.6 Å². The van der Waals surface area contributed by atoms with Crippen LogP contribution in [0.2, 0.25) is 0 Å².